The summed E-state index contributed by atoms with van der Waals surface area (Å²) in [4.78, 5) is 4.14. The molecular weight excluding hydrogens is 227 g/mol. The maximum absolute atomic E-state index is 8.63. The fourth-order valence-electron chi connectivity index (χ4n) is 1.23. The summed E-state index contributed by atoms with van der Waals surface area (Å²) < 4.78 is 1.26. The van der Waals surface area contributed by atoms with E-state index < -0.39 is 0 Å². The Kier molecular flexibility index (Phi) is 5.34. The van der Waals surface area contributed by atoms with Gasteiger partial charge in [0.2, 0.25) is 0 Å². The predicted molar refractivity (Wildman–Crippen MR) is 75.7 cm³/mol. The number of fused-ring (bicyclic) bond motifs is 1. The fourth-order valence-corrected chi connectivity index (χ4v) is 1.91. The molecule has 4 heteroatoms. The third-order valence-corrected chi connectivity index (χ3v) is 2.80. The van der Waals surface area contributed by atoms with E-state index in [1.54, 1.807) is 35.6 Å². The first-order valence-corrected chi connectivity index (χ1v) is 5.76. The van der Waals surface area contributed by atoms with Gasteiger partial charge < -0.3 is 7.96 Å². The molecule has 1 N–H and O–H groups in total. The van der Waals surface area contributed by atoms with E-state index in [0.717, 1.165) is 5.52 Å². The first-order chi connectivity index (χ1) is 7.86. The van der Waals surface area contributed by atoms with Gasteiger partial charge in [0.15, 0.2) is 0 Å². The zero-order valence-electron chi connectivity index (χ0n) is 11.3. The molecule has 0 aliphatic carbocycles. The van der Waals surface area contributed by atoms with E-state index in [0.29, 0.717) is 5.75 Å². The van der Waals surface area contributed by atoms with Gasteiger partial charge in [-0.1, -0.05) is 30.3 Å². The Hall–Kier alpha value is -1.70. The number of hydrogen-bond donors (Lipinski definition) is 1. The second-order valence-corrected chi connectivity index (χ2v) is 4.04. The summed E-state index contributed by atoms with van der Waals surface area (Å²) in [6.45, 7) is 0. The fraction of sp³-hybridized carbons (Fsp3) is 0. The van der Waals surface area contributed by atoms with Crippen molar-refractivity contribution in [3.05, 3.63) is 60.1 Å². The molecule has 0 atom stereocenters. The maximum atomic E-state index is 8.63. The molecule has 0 spiro atoms. The Morgan fingerprint density at radius 2 is 1.59 bits per heavy atom. The van der Waals surface area contributed by atoms with Crippen LogP contribution in [0.3, 0.4) is 0 Å². The van der Waals surface area contributed by atoms with Gasteiger partial charge >= 0.3 is 10.1 Å². The van der Waals surface area contributed by atoms with Gasteiger partial charge in [-0.15, -0.1) is 11.3 Å². The second-order valence-electron chi connectivity index (χ2n) is 3.16. The van der Waals surface area contributed by atoms with Crippen molar-refractivity contribution >= 4 is 31.7 Å². The summed E-state index contributed by atoms with van der Waals surface area (Å²) in [6, 6.07) is 16.8. The molecule has 0 saturated carbocycles. The van der Waals surface area contributed by atoms with E-state index in [4.69, 9.17) is 5.11 Å². The molecule has 0 aliphatic rings. The zero-order chi connectivity index (χ0) is 11.2. The summed E-state index contributed by atoms with van der Waals surface area (Å²) in [5, 5.41) is 8.63. The van der Waals surface area contributed by atoms with Crippen LogP contribution >= 0.6 is 11.3 Å². The number of rotatable bonds is 0. The van der Waals surface area contributed by atoms with Gasteiger partial charge in [-0.2, -0.15) is 0 Å². The van der Waals surface area contributed by atoms with Crippen LogP contribution in [0, 0.1) is 0 Å². The number of hydrogen-bond acceptors (Lipinski definition) is 3. The Morgan fingerprint density at radius 3 is 2.18 bits per heavy atom. The summed E-state index contributed by atoms with van der Waals surface area (Å²) in [5.74, 6) is 0.322. The molecule has 0 bridgehead atoms. The topological polar surface area (TPSA) is 33.1 Å². The summed E-state index contributed by atoms with van der Waals surface area (Å²) in [6.07, 6.45) is 0. The molecule has 0 radical (unpaired) electrons. The van der Waals surface area contributed by atoms with Crippen LogP contribution in [0.1, 0.15) is 2.85 Å². The molecule has 0 amide bonds. The largest absolute Gasteiger partial charge is 2.00 e. The number of phenols is 1. The van der Waals surface area contributed by atoms with Crippen molar-refractivity contribution in [2.24, 2.45) is 0 Å². The molecular formula is C13H13BeNOS. The Morgan fingerprint density at radius 1 is 0.941 bits per heavy atom. The Balaban J connectivity index is 0. The van der Waals surface area contributed by atoms with Gasteiger partial charge in [0.25, 0.3) is 0 Å². The molecule has 17 heavy (non-hydrogen) atoms. The van der Waals surface area contributed by atoms with Gasteiger partial charge in [-0.3, -0.25) is 0 Å². The molecule has 1 aromatic heterocycles. The van der Waals surface area contributed by atoms with Crippen molar-refractivity contribution in [1.82, 2.24) is 4.98 Å². The van der Waals surface area contributed by atoms with E-state index in [-0.39, 0.29) is 13.0 Å². The van der Waals surface area contributed by atoms with E-state index in [9.17, 15) is 0 Å². The van der Waals surface area contributed by atoms with Gasteiger partial charge in [0.1, 0.15) is 5.75 Å². The smallest absolute Gasteiger partial charge is 1.00 e. The number of nitrogens with zero attached hydrogens (tertiary/aromatic N) is 1. The normalized spacial score (nSPS) is 8.94. The molecule has 2 nitrogen and oxygen atoms in total. The monoisotopic (exact) mass is 240 g/mol. The summed E-state index contributed by atoms with van der Waals surface area (Å²) >= 11 is 1.68. The number of aromatic nitrogens is 1. The van der Waals surface area contributed by atoms with Crippen LogP contribution in [0.4, 0.5) is 0 Å². The van der Waals surface area contributed by atoms with Crippen LogP contribution < -0.4 is 0 Å². The number of aromatic hydroxyl groups is 1. The SMILES string of the molecule is Oc1ccccc1.[Be+2].[H-].[H-].c1ccc2scnc2c1. The zero-order valence-corrected chi connectivity index (χ0v) is 10.1. The van der Waals surface area contributed by atoms with E-state index in [1.165, 1.54) is 4.70 Å². The number of phenolic OH excluding ortho intramolecular Hbond substituents is 1. The van der Waals surface area contributed by atoms with Crippen LogP contribution in [-0.4, -0.2) is 20.2 Å². The molecule has 3 aromatic rings. The van der Waals surface area contributed by atoms with Gasteiger partial charge in [0, 0.05) is 0 Å². The first kappa shape index (κ1) is 13.4. The van der Waals surface area contributed by atoms with Crippen molar-refractivity contribution in [2.45, 2.75) is 0 Å². The minimum atomic E-state index is 0. The first-order valence-electron chi connectivity index (χ1n) is 4.88. The molecule has 0 aliphatic heterocycles. The van der Waals surface area contributed by atoms with Gasteiger partial charge in [0.05, 0.1) is 15.7 Å². The van der Waals surface area contributed by atoms with Crippen LogP contribution in [0.5, 0.6) is 5.75 Å². The molecule has 0 saturated heterocycles. The molecule has 84 valence electrons. The maximum Gasteiger partial charge on any atom is 2.00 e. The predicted octanol–water partition coefficient (Wildman–Crippen LogP) is 3.53. The van der Waals surface area contributed by atoms with Crippen LogP contribution in [-0.2, 0) is 0 Å². The Labute approximate surface area is 111 Å². The summed E-state index contributed by atoms with van der Waals surface area (Å²) in [7, 11) is 0. The van der Waals surface area contributed by atoms with Crippen molar-refractivity contribution in [1.29, 1.82) is 0 Å². The molecule has 2 aromatic carbocycles. The van der Waals surface area contributed by atoms with Crippen molar-refractivity contribution in [3.63, 3.8) is 0 Å². The van der Waals surface area contributed by atoms with Crippen LogP contribution in [0.25, 0.3) is 10.2 Å². The van der Waals surface area contributed by atoms with Crippen molar-refractivity contribution in [3.8, 4) is 5.75 Å². The second kappa shape index (κ2) is 6.79. The third-order valence-electron chi connectivity index (χ3n) is 1.99. The molecule has 0 unspecified atom stereocenters. The average molecular weight is 240 g/mol. The molecule has 3 rings (SSSR count). The molecule has 1 heterocycles. The number of para-hydroxylation sites is 2. The van der Waals surface area contributed by atoms with Gasteiger partial charge in [-0.25, -0.2) is 4.98 Å². The summed E-state index contributed by atoms with van der Waals surface area (Å²) in [5.41, 5.74) is 2.97. The average Bonchev–Trinajstić information content (AvgIpc) is 2.79. The van der Waals surface area contributed by atoms with Gasteiger partial charge in [-0.05, 0) is 24.3 Å². The van der Waals surface area contributed by atoms with E-state index in [2.05, 4.69) is 11.1 Å². The number of benzene rings is 2. The van der Waals surface area contributed by atoms with Crippen molar-refractivity contribution in [2.75, 3.05) is 0 Å². The minimum absolute atomic E-state index is 0. The minimum Gasteiger partial charge on any atom is -1.00 e. The van der Waals surface area contributed by atoms with Crippen molar-refractivity contribution < 1.29 is 7.96 Å². The number of thiazole rings is 1. The molecule has 0 fully saturated rings. The van der Waals surface area contributed by atoms with E-state index in [1.807, 2.05) is 29.8 Å². The Bertz CT molecular complexity index is 532. The quantitative estimate of drug-likeness (QED) is 0.610. The standard InChI is InChI=1S/C7H5NS.C6H6O.Be.2H/c1-2-4-7-6(3-1)8-5-9-7;7-6-4-2-1-3-5-6;;;/h1-5H;1-5,7H;;;/q;;+2;2*-1. The van der Waals surface area contributed by atoms with Crippen LogP contribution in [0.15, 0.2) is 60.1 Å². The van der Waals surface area contributed by atoms with Crippen LogP contribution in [0.2, 0.25) is 0 Å². The third kappa shape index (κ3) is 3.98. The van der Waals surface area contributed by atoms with E-state index >= 15 is 0 Å².